The summed E-state index contributed by atoms with van der Waals surface area (Å²) >= 11 is 0. The van der Waals surface area contributed by atoms with Crippen molar-refractivity contribution in [2.45, 2.75) is 0 Å². The van der Waals surface area contributed by atoms with Gasteiger partial charge in [0.25, 0.3) is 0 Å². The van der Waals surface area contributed by atoms with Crippen molar-refractivity contribution in [2.24, 2.45) is 0 Å². The molecule has 282 valence electrons. The fourth-order valence-corrected chi connectivity index (χ4v) is 10.3. The molecule has 0 saturated carbocycles. The molecule has 61 heavy (non-hydrogen) atoms. The smallest absolute Gasteiger partial charge is 0.137 e. The van der Waals surface area contributed by atoms with Gasteiger partial charge in [-0.1, -0.05) is 182 Å². The molecule has 13 rings (SSSR count). The Morgan fingerprint density at radius 3 is 1.59 bits per heavy atom. The second kappa shape index (κ2) is 13.2. The molecule has 0 radical (unpaired) electrons. The van der Waals surface area contributed by atoms with E-state index in [1.165, 1.54) is 110 Å². The molecule has 0 amide bonds. The molecule has 2 heterocycles. The highest BCUT2D eigenvalue weighted by atomic mass is 15.0. The highest BCUT2D eigenvalue weighted by Crippen LogP contribution is 2.58. The summed E-state index contributed by atoms with van der Waals surface area (Å²) < 4.78 is 2.07. The van der Waals surface area contributed by atoms with Crippen LogP contribution in [0.15, 0.2) is 219 Å². The lowest BCUT2D eigenvalue weighted by molar-refractivity contribution is 1.19. The molecule has 2 heteroatoms. The molecule has 0 aliphatic heterocycles. The van der Waals surface area contributed by atoms with Crippen LogP contribution in [-0.4, -0.2) is 9.38 Å². The van der Waals surface area contributed by atoms with E-state index in [0.29, 0.717) is 0 Å². The maximum atomic E-state index is 4.84. The van der Waals surface area contributed by atoms with Crippen molar-refractivity contribution in [3.05, 3.63) is 219 Å². The third-order valence-corrected chi connectivity index (χ3v) is 12.9. The van der Waals surface area contributed by atoms with Crippen LogP contribution in [0.1, 0.15) is 0 Å². The van der Waals surface area contributed by atoms with Crippen molar-refractivity contribution in [1.82, 2.24) is 9.38 Å². The summed E-state index contributed by atoms with van der Waals surface area (Å²) in [6.07, 6.45) is 4.14. The average molecular weight is 773 g/mol. The van der Waals surface area contributed by atoms with Crippen LogP contribution >= 0.6 is 0 Å². The number of rotatable bonds is 5. The molecule has 0 fully saturated rings. The van der Waals surface area contributed by atoms with Gasteiger partial charge < -0.3 is 4.40 Å². The number of hydrogen-bond acceptors (Lipinski definition) is 1. The largest absolute Gasteiger partial charge is 0.306 e. The Bertz CT molecular complexity index is 3600. The molecule has 0 spiro atoms. The summed E-state index contributed by atoms with van der Waals surface area (Å²) in [5.74, 6) is 0. The molecule has 2 aromatic heterocycles. The van der Waals surface area contributed by atoms with Crippen LogP contribution in [0.2, 0.25) is 0 Å². The highest BCUT2D eigenvalue weighted by Gasteiger charge is 2.31. The molecule has 0 saturated heterocycles. The zero-order chi connectivity index (χ0) is 40.0. The number of aromatic nitrogens is 2. The van der Waals surface area contributed by atoms with Crippen LogP contribution in [0.3, 0.4) is 0 Å². The zero-order valence-electron chi connectivity index (χ0n) is 33.2. The zero-order valence-corrected chi connectivity index (χ0v) is 33.2. The lowest BCUT2D eigenvalue weighted by Gasteiger charge is -2.20. The maximum Gasteiger partial charge on any atom is 0.137 e. The Kier molecular flexibility index (Phi) is 7.34. The minimum absolute atomic E-state index is 0.952. The van der Waals surface area contributed by atoms with Gasteiger partial charge in [0, 0.05) is 18.0 Å². The second-order valence-electron chi connectivity index (χ2n) is 16.2. The normalized spacial score (nSPS) is 11.9. The van der Waals surface area contributed by atoms with Crippen molar-refractivity contribution in [2.75, 3.05) is 0 Å². The van der Waals surface area contributed by atoms with E-state index >= 15 is 0 Å². The van der Waals surface area contributed by atoms with E-state index in [4.69, 9.17) is 4.98 Å². The van der Waals surface area contributed by atoms with E-state index in [9.17, 15) is 0 Å². The number of imidazole rings is 1. The van der Waals surface area contributed by atoms with E-state index in [0.717, 1.165) is 16.9 Å². The summed E-state index contributed by atoms with van der Waals surface area (Å²) in [4.78, 5) is 4.84. The molecule has 12 aromatic rings. The van der Waals surface area contributed by atoms with Gasteiger partial charge in [0.2, 0.25) is 0 Å². The first kappa shape index (κ1) is 33.9. The van der Waals surface area contributed by atoms with Crippen LogP contribution in [-0.2, 0) is 0 Å². The van der Waals surface area contributed by atoms with Gasteiger partial charge in [0.1, 0.15) is 5.65 Å². The number of pyridine rings is 1. The minimum Gasteiger partial charge on any atom is -0.306 e. The standard InChI is InChI=1S/C59H36N2/c1-3-14-39(15-4-1)55-47-20-9-10-21-48(47)56(40-16-5-2-6-17-40)59-50-32-31-45(46-22-13-23-49(57(46)50)58(55)59)52-35-42-30-29-41(34-51(42)43-18-7-8-19-44(43)52)37-25-27-38(28-26-37)53-36-61-33-12-11-24-54(61)60-53/h1-36H. The number of hydrogen-bond donors (Lipinski definition) is 0. The van der Waals surface area contributed by atoms with Crippen molar-refractivity contribution in [1.29, 1.82) is 0 Å². The summed E-state index contributed by atoms with van der Waals surface area (Å²) in [6.45, 7) is 0. The van der Waals surface area contributed by atoms with Crippen LogP contribution in [0.25, 0.3) is 127 Å². The van der Waals surface area contributed by atoms with Gasteiger partial charge in [0.15, 0.2) is 0 Å². The predicted octanol–water partition coefficient (Wildman–Crippen LogP) is 15.9. The minimum atomic E-state index is 0.952. The van der Waals surface area contributed by atoms with Crippen molar-refractivity contribution in [3.8, 4) is 78.0 Å². The SMILES string of the molecule is c1ccc(-c2c3c(c(-c4ccccc4)c4ccccc24)-c2ccc(-c4cc5ccc(-c6ccc(-c7cn8ccccc8n7)cc6)cc5c5ccccc45)c4cccc-3c24)cc1. The maximum absolute atomic E-state index is 4.84. The Morgan fingerprint density at radius 2 is 0.885 bits per heavy atom. The van der Waals surface area contributed by atoms with Gasteiger partial charge in [-0.05, 0) is 134 Å². The van der Waals surface area contributed by atoms with Crippen molar-refractivity contribution in [3.63, 3.8) is 0 Å². The lowest BCUT2D eigenvalue weighted by atomic mass is 9.82. The fraction of sp³-hybridized carbons (Fsp3) is 0. The first-order valence-electron chi connectivity index (χ1n) is 21.0. The molecule has 0 unspecified atom stereocenters. The molecule has 0 N–H and O–H groups in total. The Morgan fingerprint density at radius 1 is 0.311 bits per heavy atom. The summed E-state index contributed by atoms with van der Waals surface area (Å²) in [6, 6.07) is 75.9. The van der Waals surface area contributed by atoms with Crippen LogP contribution in [0.4, 0.5) is 0 Å². The topological polar surface area (TPSA) is 17.3 Å². The summed E-state index contributed by atoms with van der Waals surface area (Å²) in [7, 11) is 0. The Hall–Kier alpha value is -8.07. The van der Waals surface area contributed by atoms with Crippen LogP contribution in [0.5, 0.6) is 0 Å². The van der Waals surface area contributed by atoms with Crippen molar-refractivity contribution < 1.29 is 0 Å². The Labute approximate surface area is 353 Å². The number of fused-ring (bicyclic) bond motifs is 8. The highest BCUT2D eigenvalue weighted by molar-refractivity contribution is 6.29. The van der Waals surface area contributed by atoms with E-state index in [-0.39, 0.29) is 0 Å². The lowest BCUT2D eigenvalue weighted by Crippen LogP contribution is -1.93. The van der Waals surface area contributed by atoms with Gasteiger partial charge in [-0.2, -0.15) is 0 Å². The molecule has 1 aliphatic carbocycles. The predicted molar refractivity (Wildman–Crippen MR) is 257 cm³/mol. The number of benzene rings is 10. The van der Waals surface area contributed by atoms with E-state index in [1.54, 1.807) is 0 Å². The van der Waals surface area contributed by atoms with Gasteiger partial charge in [-0.25, -0.2) is 4.98 Å². The number of nitrogens with zero attached hydrogens (tertiary/aromatic N) is 2. The molecular weight excluding hydrogens is 737 g/mol. The molecule has 1 aliphatic rings. The summed E-state index contributed by atoms with van der Waals surface area (Å²) in [5.41, 5.74) is 18.2. The van der Waals surface area contributed by atoms with Gasteiger partial charge >= 0.3 is 0 Å². The fourth-order valence-electron chi connectivity index (χ4n) is 10.3. The molecule has 0 bridgehead atoms. The van der Waals surface area contributed by atoms with Crippen LogP contribution < -0.4 is 0 Å². The Balaban J connectivity index is 0.997. The second-order valence-corrected chi connectivity index (χ2v) is 16.2. The van der Waals surface area contributed by atoms with Gasteiger partial charge in [-0.15, -0.1) is 0 Å². The van der Waals surface area contributed by atoms with Gasteiger partial charge in [0.05, 0.1) is 5.69 Å². The summed E-state index contributed by atoms with van der Waals surface area (Å²) in [5, 5.41) is 10.2. The van der Waals surface area contributed by atoms with Crippen LogP contribution in [0, 0.1) is 0 Å². The van der Waals surface area contributed by atoms with Gasteiger partial charge in [-0.3, -0.25) is 0 Å². The van der Waals surface area contributed by atoms with E-state index in [1.807, 2.05) is 24.4 Å². The average Bonchev–Trinajstić information content (AvgIpc) is 3.92. The third-order valence-electron chi connectivity index (χ3n) is 12.9. The molecule has 0 atom stereocenters. The third kappa shape index (κ3) is 5.13. The van der Waals surface area contributed by atoms with Crippen molar-refractivity contribution >= 4 is 48.7 Å². The first-order chi connectivity index (χ1) is 30.3. The molecule has 10 aromatic carbocycles. The van der Waals surface area contributed by atoms with E-state index in [2.05, 4.69) is 199 Å². The quantitative estimate of drug-likeness (QED) is 0.159. The first-order valence-corrected chi connectivity index (χ1v) is 21.0. The monoisotopic (exact) mass is 772 g/mol. The molecular formula is C59H36N2. The molecule has 2 nitrogen and oxygen atoms in total. The van der Waals surface area contributed by atoms with E-state index < -0.39 is 0 Å².